The fourth-order valence-electron chi connectivity index (χ4n) is 3.35. The highest BCUT2D eigenvalue weighted by Crippen LogP contribution is 2.26. The third-order valence-electron chi connectivity index (χ3n) is 4.87. The SMILES string of the molecule is CC1COc2ccccc2CN1C(=O)c1ccc(N2CCNC2=O)cc1. The van der Waals surface area contributed by atoms with E-state index in [1.807, 2.05) is 48.2 Å². The maximum atomic E-state index is 13.0. The first-order valence-corrected chi connectivity index (χ1v) is 8.80. The average molecular weight is 351 g/mol. The summed E-state index contributed by atoms with van der Waals surface area (Å²) in [5.74, 6) is 0.806. The van der Waals surface area contributed by atoms with Crippen molar-refractivity contribution in [3.8, 4) is 5.75 Å². The van der Waals surface area contributed by atoms with Gasteiger partial charge in [0.2, 0.25) is 0 Å². The molecule has 2 aromatic rings. The minimum Gasteiger partial charge on any atom is -0.491 e. The van der Waals surface area contributed by atoms with Crippen molar-refractivity contribution in [1.82, 2.24) is 10.2 Å². The highest BCUT2D eigenvalue weighted by Gasteiger charge is 2.27. The van der Waals surface area contributed by atoms with Gasteiger partial charge in [-0.2, -0.15) is 0 Å². The first-order valence-electron chi connectivity index (χ1n) is 8.80. The lowest BCUT2D eigenvalue weighted by atomic mass is 10.1. The van der Waals surface area contributed by atoms with E-state index in [0.717, 1.165) is 17.0 Å². The number of urea groups is 1. The second kappa shape index (κ2) is 6.71. The Morgan fingerprint density at radius 3 is 2.65 bits per heavy atom. The highest BCUT2D eigenvalue weighted by molar-refractivity contribution is 5.97. The molecule has 1 saturated heterocycles. The van der Waals surface area contributed by atoms with Gasteiger partial charge in [0, 0.05) is 29.9 Å². The third kappa shape index (κ3) is 2.98. The molecule has 2 aliphatic heterocycles. The van der Waals surface area contributed by atoms with Gasteiger partial charge in [-0.1, -0.05) is 18.2 Å². The van der Waals surface area contributed by atoms with E-state index in [0.29, 0.717) is 31.8 Å². The van der Waals surface area contributed by atoms with Crippen LogP contribution in [-0.4, -0.2) is 42.6 Å². The van der Waals surface area contributed by atoms with Crippen molar-refractivity contribution in [2.75, 3.05) is 24.6 Å². The van der Waals surface area contributed by atoms with Crippen molar-refractivity contribution >= 4 is 17.6 Å². The van der Waals surface area contributed by atoms with E-state index in [1.165, 1.54) is 0 Å². The molecule has 6 nitrogen and oxygen atoms in total. The van der Waals surface area contributed by atoms with Crippen molar-refractivity contribution in [1.29, 1.82) is 0 Å². The summed E-state index contributed by atoms with van der Waals surface area (Å²) in [5, 5.41) is 2.78. The monoisotopic (exact) mass is 351 g/mol. The molecule has 3 amide bonds. The Labute approximate surface area is 152 Å². The van der Waals surface area contributed by atoms with Gasteiger partial charge in [-0.15, -0.1) is 0 Å². The van der Waals surface area contributed by atoms with Gasteiger partial charge in [-0.25, -0.2) is 4.79 Å². The van der Waals surface area contributed by atoms with Crippen LogP contribution in [-0.2, 0) is 6.54 Å². The van der Waals surface area contributed by atoms with Crippen molar-refractivity contribution in [2.45, 2.75) is 19.5 Å². The van der Waals surface area contributed by atoms with Gasteiger partial charge in [0.25, 0.3) is 5.91 Å². The number of hydrogen-bond acceptors (Lipinski definition) is 3. The molecule has 134 valence electrons. The van der Waals surface area contributed by atoms with Crippen LogP contribution in [0.2, 0.25) is 0 Å². The molecular formula is C20H21N3O3. The Morgan fingerprint density at radius 1 is 1.15 bits per heavy atom. The molecule has 2 heterocycles. The molecular weight excluding hydrogens is 330 g/mol. The third-order valence-corrected chi connectivity index (χ3v) is 4.87. The molecule has 0 radical (unpaired) electrons. The largest absolute Gasteiger partial charge is 0.491 e. The Bertz CT molecular complexity index is 834. The Balaban J connectivity index is 1.55. The van der Waals surface area contributed by atoms with Crippen molar-refractivity contribution in [3.05, 3.63) is 59.7 Å². The molecule has 0 aromatic heterocycles. The summed E-state index contributed by atoms with van der Waals surface area (Å²) >= 11 is 0. The molecule has 2 aliphatic rings. The number of benzene rings is 2. The van der Waals surface area contributed by atoms with Gasteiger partial charge in [0.1, 0.15) is 12.4 Å². The van der Waals surface area contributed by atoms with E-state index >= 15 is 0 Å². The predicted molar refractivity (Wildman–Crippen MR) is 98.5 cm³/mol. The lowest BCUT2D eigenvalue weighted by molar-refractivity contribution is 0.0645. The van der Waals surface area contributed by atoms with Crippen molar-refractivity contribution in [2.24, 2.45) is 0 Å². The second-order valence-electron chi connectivity index (χ2n) is 6.63. The number of carbonyl (C=O) groups excluding carboxylic acids is 2. The van der Waals surface area contributed by atoms with Crippen LogP contribution in [0.1, 0.15) is 22.8 Å². The van der Waals surface area contributed by atoms with Crippen LogP contribution in [0.3, 0.4) is 0 Å². The summed E-state index contributed by atoms with van der Waals surface area (Å²) in [6.45, 7) is 4.27. The van der Waals surface area contributed by atoms with Gasteiger partial charge in [0.15, 0.2) is 0 Å². The van der Waals surface area contributed by atoms with Gasteiger partial charge in [-0.05, 0) is 37.3 Å². The lowest BCUT2D eigenvalue weighted by Gasteiger charge is -2.26. The molecule has 0 bridgehead atoms. The minimum atomic E-state index is -0.0982. The fraction of sp³-hybridized carbons (Fsp3) is 0.300. The smallest absolute Gasteiger partial charge is 0.321 e. The minimum absolute atomic E-state index is 0.0288. The summed E-state index contributed by atoms with van der Waals surface area (Å²) in [4.78, 5) is 28.3. The number of amides is 3. The zero-order valence-electron chi connectivity index (χ0n) is 14.6. The van der Waals surface area contributed by atoms with Crippen LogP contribution >= 0.6 is 0 Å². The summed E-state index contributed by atoms with van der Waals surface area (Å²) in [5.41, 5.74) is 2.42. The number of para-hydroxylation sites is 1. The van der Waals surface area contributed by atoms with Crippen LogP contribution < -0.4 is 15.0 Å². The maximum Gasteiger partial charge on any atom is 0.321 e. The van der Waals surface area contributed by atoms with Gasteiger partial charge < -0.3 is 15.0 Å². The molecule has 1 atom stereocenters. The standard InChI is InChI=1S/C20H21N3O3/c1-14-13-26-18-5-3-2-4-16(18)12-23(14)19(24)15-6-8-17(9-7-15)22-11-10-21-20(22)25/h2-9,14H,10-13H2,1H3,(H,21,25). The van der Waals surface area contributed by atoms with Crippen LogP contribution in [0.25, 0.3) is 0 Å². The first-order chi connectivity index (χ1) is 12.6. The Hall–Kier alpha value is -3.02. The highest BCUT2D eigenvalue weighted by atomic mass is 16.5. The summed E-state index contributed by atoms with van der Waals surface area (Å²) in [6.07, 6.45) is 0. The lowest BCUT2D eigenvalue weighted by Crippen LogP contribution is -2.39. The van der Waals surface area contributed by atoms with Crippen LogP contribution in [0.15, 0.2) is 48.5 Å². The number of rotatable bonds is 2. The molecule has 0 aliphatic carbocycles. The normalized spacial score (nSPS) is 19.4. The van der Waals surface area contributed by atoms with Gasteiger partial charge in [0.05, 0.1) is 12.6 Å². The quantitative estimate of drug-likeness (QED) is 0.905. The number of ether oxygens (including phenoxy) is 1. The van der Waals surface area contributed by atoms with Crippen LogP contribution in [0.4, 0.5) is 10.5 Å². The summed E-state index contributed by atoms with van der Waals surface area (Å²) in [6, 6.07) is 14.9. The first kappa shape index (κ1) is 16.4. The maximum absolute atomic E-state index is 13.0. The molecule has 2 aromatic carbocycles. The summed E-state index contributed by atoms with van der Waals surface area (Å²) in [7, 11) is 0. The molecule has 0 spiro atoms. The number of anilines is 1. The van der Waals surface area contributed by atoms with Gasteiger partial charge in [-0.3, -0.25) is 9.69 Å². The van der Waals surface area contributed by atoms with E-state index in [-0.39, 0.29) is 18.0 Å². The molecule has 1 fully saturated rings. The number of fused-ring (bicyclic) bond motifs is 1. The number of carbonyl (C=O) groups is 2. The number of nitrogens with one attached hydrogen (secondary N) is 1. The summed E-state index contributed by atoms with van der Waals surface area (Å²) < 4.78 is 5.83. The van der Waals surface area contributed by atoms with E-state index in [9.17, 15) is 9.59 Å². The number of hydrogen-bond donors (Lipinski definition) is 1. The van der Waals surface area contributed by atoms with E-state index in [1.54, 1.807) is 17.0 Å². The molecule has 26 heavy (non-hydrogen) atoms. The fourth-order valence-corrected chi connectivity index (χ4v) is 3.35. The second-order valence-corrected chi connectivity index (χ2v) is 6.63. The average Bonchev–Trinajstić information content (AvgIpc) is 3.02. The van der Waals surface area contributed by atoms with Crippen LogP contribution in [0, 0.1) is 0 Å². The van der Waals surface area contributed by atoms with Crippen molar-refractivity contribution in [3.63, 3.8) is 0 Å². The van der Waals surface area contributed by atoms with E-state index < -0.39 is 0 Å². The molecule has 0 saturated carbocycles. The topological polar surface area (TPSA) is 61.9 Å². The molecule has 1 unspecified atom stereocenters. The van der Waals surface area contributed by atoms with Crippen molar-refractivity contribution < 1.29 is 14.3 Å². The molecule has 1 N–H and O–H groups in total. The van der Waals surface area contributed by atoms with E-state index in [4.69, 9.17) is 4.74 Å². The van der Waals surface area contributed by atoms with Crippen LogP contribution in [0.5, 0.6) is 5.75 Å². The predicted octanol–water partition coefficient (Wildman–Crippen LogP) is 2.64. The van der Waals surface area contributed by atoms with Gasteiger partial charge >= 0.3 is 6.03 Å². The number of nitrogens with zero attached hydrogens (tertiary/aromatic N) is 2. The molecule has 4 rings (SSSR count). The zero-order chi connectivity index (χ0) is 18.1. The molecule has 6 heteroatoms. The Morgan fingerprint density at radius 2 is 1.92 bits per heavy atom. The van der Waals surface area contributed by atoms with E-state index in [2.05, 4.69) is 5.32 Å². The Kier molecular flexibility index (Phi) is 4.24. The zero-order valence-corrected chi connectivity index (χ0v) is 14.6.